The summed E-state index contributed by atoms with van der Waals surface area (Å²) in [5.74, 6) is 1.54. The molecule has 0 bridgehead atoms. The molecule has 10 heteroatoms. The summed E-state index contributed by atoms with van der Waals surface area (Å²) >= 11 is 1.43. The van der Waals surface area contributed by atoms with E-state index in [4.69, 9.17) is 8.83 Å². The van der Waals surface area contributed by atoms with Crippen molar-refractivity contribution in [3.63, 3.8) is 0 Å². The number of piperazine rings is 1. The van der Waals surface area contributed by atoms with Crippen molar-refractivity contribution in [2.24, 2.45) is 0 Å². The van der Waals surface area contributed by atoms with E-state index < -0.39 is 5.25 Å². The second kappa shape index (κ2) is 7.77. The van der Waals surface area contributed by atoms with Gasteiger partial charge >= 0.3 is 0 Å². The highest BCUT2D eigenvalue weighted by molar-refractivity contribution is 8.00. The lowest BCUT2D eigenvalue weighted by atomic mass is 10.1. The highest BCUT2D eigenvalue weighted by atomic mass is 32.2. The van der Waals surface area contributed by atoms with Gasteiger partial charge in [0.05, 0.1) is 18.6 Å². The fraction of sp³-hybridized carbons (Fsp3) is 0.400. The molecule has 5 rings (SSSR count). The van der Waals surface area contributed by atoms with E-state index in [-0.39, 0.29) is 17.9 Å². The van der Waals surface area contributed by atoms with Gasteiger partial charge in [-0.1, -0.05) is 18.7 Å². The number of thioether (sulfide) groups is 1. The summed E-state index contributed by atoms with van der Waals surface area (Å²) in [6.45, 7) is 4.30. The van der Waals surface area contributed by atoms with Gasteiger partial charge in [0.15, 0.2) is 16.7 Å². The molecule has 3 aromatic heterocycles. The lowest BCUT2D eigenvalue weighted by Gasteiger charge is -2.39. The highest BCUT2D eigenvalue weighted by Gasteiger charge is 2.45. The van der Waals surface area contributed by atoms with E-state index in [1.807, 2.05) is 19.1 Å². The Morgan fingerprint density at radius 1 is 1.20 bits per heavy atom. The van der Waals surface area contributed by atoms with Gasteiger partial charge in [0.2, 0.25) is 0 Å². The standard InChI is InChI=1S/C20H21N5O4S/c1-2-15-21-20-25(22-15)19(27)17(30-20)16(13-5-3-11-28-13)23-7-9-24(10-8-23)18(26)14-6-4-12-29-14/h3-6,11-12,16-17H,2,7-10H2,1H3. The van der Waals surface area contributed by atoms with Crippen molar-refractivity contribution in [3.8, 4) is 0 Å². The Morgan fingerprint density at radius 3 is 2.60 bits per heavy atom. The van der Waals surface area contributed by atoms with E-state index in [1.54, 1.807) is 23.3 Å². The van der Waals surface area contributed by atoms with Gasteiger partial charge in [-0.3, -0.25) is 14.5 Å². The molecular formula is C20H21N5O4S. The topological polar surface area (TPSA) is 97.6 Å². The molecule has 2 atom stereocenters. The van der Waals surface area contributed by atoms with Gasteiger partial charge in [0.1, 0.15) is 11.0 Å². The molecule has 0 aliphatic carbocycles. The maximum absolute atomic E-state index is 13.1. The molecular weight excluding hydrogens is 406 g/mol. The van der Waals surface area contributed by atoms with Crippen LogP contribution in [-0.4, -0.2) is 67.8 Å². The number of carbonyl (C=O) groups excluding carboxylic acids is 2. The van der Waals surface area contributed by atoms with Crippen LogP contribution in [0.15, 0.2) is 50.8 Å². The van der Waals surface area contributed by atoms with Crippen LogP contribution in [0.5, 0.6) is 0 Å². The highest BCUT2D eigenvalue weighted by Crippen LogP contribution is 2.41. The summed E-state index contributed by atoms with van der Waals surface area (Å²) in [6.07, 6.45) is 3.81. The van der Waals surface area contributed by atoms with Crippen LogP contribution in [0.2, 0.25) is 0 Å². The number of hydrogen-bond acceptors (Lipinski definition) is 8. The van der Waals surface area contributed by atoms with Crippen LogP contribution in [0.1, 0.15) is 39.9 Å². The molecule has 1 saturated heterocycles. The van der Waals surface area contributed by atoms with Gasteiger partial charge in [-0.25, -0.2) is 4.98 Å². The van der Waals surface area contributed by atoms with Gasteiger partial charge < -0.3 is 13.7 Å². The van der Waals surface area contributed by atoms with E-state index in [0.717, 1.165) is 5.76 Å². The summed E-state index contributed by atoms with van der Waals surface area (Å²) in [7, 11) is 0. The number of furan rings is 2. The summed E-state index contributed by atoms with van der Waals surface area (Å²) in [5.41, 5.74) is 0. The van der Waals surface area contributed by atoms with E-state index in [1.165, 1.54) is 22.7 Å². The van der Waals surface area contributed by atoms with Crippen LogP contribution in [0, 0.1) is 0 Å². The number of nitrogens with zero attached hydrogens (tertiary/aromatic N) is 5. The third kappa shape index (κ3) is 3.25. The van der Waals surface area contributed by atoms with Gasteiger partial charge in [-0.15, -0.1) is 5.10 Å². The molecule has 5 heterocycles. The Balaban J connectivity index is 1.34. The van der Waals surface area contributed by atoms with Crippen molar-refractivity contribution >= 4 is 23.6 Å². The molecule has 2 unspecified atom stereocenters. The summed E-state index contributed by atoms with van der Waals surface area (Å²) in [5, 5.41) is 4.57. The van der Waals surface area contributed by atoms with Crippen molar-refractivity contribution in [3.05, 3.63) is 54.1 Å². The van der Waals surface area contributed by atoms with Crippen molar-refractivity contribution in [2.45, 2.75) is 29.8 Å². The average Bonchev–Trinajstić information content (AvgIpc) is 3.56. The maximum atomic E-state index is 13.1. The predicted octanol–water partition coefficient (Wildman–Crippen LogP) is 2.34. The Morgan fingerprint density at radius 2 is 1.97 bits per heavy atom. The fourth-order valence-corrected chi connectivity index (χ4v) is 5.18. The summed E-state index contributed by atoms with van der Waals surface area (Å²) in [6, 6.07) is 6.85. The quantitative estimate of drug-likeness (QED) is 0.612. The first-order chi connectivity index (χ1) is 14.7. The molecule has 3 aromatic rings. The third-order valence-electron chi connectivity index (χ3n) is 5.47. The molecule has 0 N–H and O–H groups in total. The number of aromatic nitrogens is 3. The maximum Gasteiger partial charge on any atom is 0.289 e. The molecule has 0 radical (unpaired) electrons. The second-order valence-electron chi connectivity index (χ2n) is 7.22. The van der Waals surface area contributed by atoms with Crippen molar-refractivity contribution in [1.29, 1.82) is 0 Å². The van der Waals surface area contributed by atoms with Crippen LogP contribution >= 0.6 is 11.8 Å². The van der Waals surface area contributed by atoms with E-state index in [9.17, 15) is 9.59 Å². The molecule has 156 valence electrons. The van der Waals surface area contributed by atoms with Crippen LogP contribution < -0.4 is 0 Å². The zero-order valence-electron chi connectivity index (χ0n) is 16.4. The minimum atomic E-state index is -0.399. The summed E-state index contributed by atoms with van der Waals surface area (Å²) < 4.78 is 12.4. The van der Waals surface area contributed by atoms with E-state index in [0.29, 0.717) is 49.3 Å². The summed E-state index contributed by atoms with van der Waals surface area (Å²) in [4.78, 5) is 34.1. The minimum Gasteiger partial charge on any atom is -0.468 e. The monoisotopic (exact) mass is 427 g/mol. The first-order valence-electron chi connectivity index (χ1n) is 9.92. The molecule has 2 aliphatic rings. The lowest BCUT2D eigenvalue weighted by molar-refractivity contribution is 0.0492. The Labute approximate surface area is 177 Å². The Hall–Kier alpha value is -2.85. The van der Waals surface area contributed by atoms with Crippen molar-refractivity contribution in [1.82, 2.24) is 24.6 Å². The molecule has 0 spiro atoms. The van der Waals surface area contributed by atoms with E-state index >= 15 is 0 Å². The van der Waals surface area contributed by atoms with Crippen molar-refractivity contribution in [2.75, 3.05) is 26.2 Å². The third-order valence-corrected chi connectivity index (χ3v) is 6.66. The average molecular weight is 427 g/mol. The van der Waals surface area contributed by atoms with Gasteiger partial charge in [-0.2, -0.15) is 4.68 Å². The molecule has 9 nitrogen and oxygen atoms in total. The van der Waals surface area contributed by atoms with Crippen LogP contribution in [0.25, 0.3) is 0 Å². The molecule has 1 amide bonds. The smallest absolute Gasteiger partial charge is 0.289 e. The molecule has 0 saturated carbocycles. The lowest BCUT2D eigenvalue weighted by Crippen LogP contribution is -2.51. The first kappa shape index (κ1) is 19.1. The van der Waals surface area contributed by atoms with Gasteiger partial charge in [0, 0.05) is 32.6 Å². The largest absolute Gasteiger partial charge is 0.468 e. The number of rotatable bonds is 5. The molecule has 1 fully saturated rings. The second-order valence-corrected chi connectivity index (χ2v) is 8.33. The van der Waals surface area contributed by atoms with E-state index in [2.05, 4.69) is 15.0 Å². The first-order valence-corrected chi connectivity index (χ1v) is 10.8. The van der Waals surface area contributed by atoms with Gasteiger partial charge in [-0.05, 0) is 24.3 Å². The normalized spacial score (nSPS) is 20.5. The van der Waals surface area contributed by atoms with Crippen molar-refractivity contribution < 1.29 is 18.4 Å². The SMILES string of the molecule is CCc1nc2n(n1)C(=O)C(C(c1ccco1)N1CCN(C(=O)c3ccco3)CC1)S2. The number of hydrogen-bond donors (Lipinski definition) is 0. The van der Waals surface area contributed by atoms with Crippen LogP contribution in [0.3, 0.4) is 0 Å². The molecule has 0 aromatic carbocycles. The minimum absolute atomic E-state index is 0.0855. The van der Waals surface area contributed by atoms with Gasteiger partial charge in [0.25, 0.3) is 11.8 Å². The zero-order valence-corrected chi connectivity index (χ0v) is 17.2. The van der Waals surface area contributed by atoms with Crippen LogP contribution in [0.4, 0.5) is 0 Å². The number of carbonyl (C=O) groups is 2. The number of amides is 1. The number of aryl methyl sites for hydroxylation is 1. The predicted molar refractivity (Wildman–Crippen MR) is 107 cm³/mol. The number of fused-ring (bicyclic) bond motifs is 1. The molecule has 2 aliphatic heterocycles. The van der Waals surface area contributed by atoms with Crippen LogP contribution in [-0.2, 0) is 6.42 Å². The Kier molecular flexibility index (Phi) is 4.95. The molecule has 30 heavy (non-hydrogen) atoms. The fourth-order valence-electron chi connectivity index (χ4n) is 3.93. The Bertz CT molecular complexity index is 1040. The zero-order chi connectivity index (χ0) is 20.7.